The number of carbonyl (C=O) groups is 1. The Labute approximate surface area is 234 Å². The predicted octanol–water partition coefficient (Wildman–Crippen LogP) is 3.58. The molecule has 0 amide bonds. The zero-order chi connectivity index (χ0) is 28.5. The second-order valence-electron chi connectivity index (χ2n) is 11.0. The Balaban J connectivity index is 2.04. The van der Waals surface area contributed by atoms with Crippen molar-refractivity contribution in [3.8, 4) is 0 Å². The molecule has 2 aromatic rings. The van der Waals surface area contributed by atoms with Crippen molar-refractivity contribution in [2.45, 2.75) is 95.4 Å². The molecule has 1 fully saturated rings. The van der Waals surface area contributed by atoms with Crippen LogP contribution in [0.4, 0.5) is 0 Å². The van der Waals surface area contributed by atoms with E-state index in [1.807, 2.05) is 60.7 Å². The Kier molecular flexibility index (Phi) is 11.7. The van der Waals surface area contributed by atoms with Crippen LogP contribution in [0.15, 0.2) is 60.7 Å². The van der Waals surface area contributed by atoms with Crippen molar-refractivity contribution < 1.29 is 33.6 Å². The van der Waals surface area contributed by atoms with Crippen molar-refractivity contribution >= 4 is 24.7 Å². The van der Waals surface area contributed by atoms with E-state index in [0.29, 0.717) is 19.6 Å². The largest absolute Gasteiger partial charge is 0.467 e. The van der Waals surface area contributed by atoms with Crippen LogP contribution in [0, 0.1) is 0 Å². The highest BCUT2D eigenvalue weighted by atomic mass is 28.4. The molecule has 3 rings (SSSR count). The number of esters is 1. The molecule has 0 aliphatic carbocycles. The van der Waals surface area contributed by atoms with Crippen LogP contribution in [0.3, 0.4) is 0 Å². The van der Waals surface area contributed by atoms with Crippen LogP contribution < -0.4 is 10.4 Å². The van der Waals surface area contributed by atoms with Gasteiger partial charge < -0.3 is 28.8 Å². The molecule has 0 bridgehead atoms. The van der Waals surface area contributed by atoms with Gasteiger partial charge in [-0.3, -0.25) is 0 Å². The van der Waals surface area contributed by atoms with E-state index in [0.717, 1.165) is 36.1 Å². The molecule has 1 aliphatic heterocycles. The molecule has 7 nitrogen and oxygen atoms in total. The molecule has 2 N–H and O–H groups in total. The van der Waals surface area contributed by atoms with E-state index in [1.54, 1.807) is 0 Å². The summed E-state index contributed by atoms with van der Waals surface area (Å²) in [6, 6.07) is 19.6. The maximum absolute atomic E-state index is 12.7. The molecule has 1 saturated heterocycles. The average molecular weight is 559 g/mol. The van der Waals surface area contributed by atoms with Gasteiger partial charge in [0.1, 0.15) is 18.3 Å². The lowest BCUT2D eigenvalue weighted by Gasteiger charge is -2.48. The Hall–Kier alpha value is -2.07. The molecule has 8 heteroatoms. The van der Waals surface area contributed by atoms with E-state index in [9.17, 15) is 14.7 Å². The summed E-state index contributed by atoms with van der Waals surface area (Å²) in [6.45, 7) is 9.17. The first kappa shape index (κ1) is 31.5. The van der Waals surface area contributed by atoms with Crippen molar-refractivity contribution in [1.29, 1.82) is 0 Å². The summed E-state index contributed by atoms with van der Waals surface area (Å²) in [5.41, 5.74) is 0. The van der Waals surface area contributed by atoms with Crippen molar-refractivity contribution in [2.75, 3.05) is 20.3 Å². The number of benzene rings is 2. The van der Waals surface area contributed by atoms with E-state index < -0.39 is 49.8 Å². The van der Waals surface area contributed by atoms with Crippen LogP contribution in [0.25, 0.3) is 0 Å². The number of aliphatic hydroxyl groups excluding tert-OH is 1. The van der Waals surface area contributed by atoms with E-state index in [2.05, 4.69) is 27.7 Å². The lowest BCUT2D eigenvalue weighted by atomic mass is 9.89. The van der Waals surface area contributed by atoms with Crippen molar-refractivity contribution in [1.82, 2.24) is 0 Å². The van der Waals surface area contributed by atoms with Crippen LogP contribution in [-0.4, -0.2) is 75.0 Å². The Morgan fingerprint density at radius 2 is 1.38 bits per heavy atom. The summed E-state index contributed by atoms with van der Waals surface area (Å²) >= 11 is 0. The molecule has 0 aromatic heterocycles. The van der Waals surface area contributed by atoms with Crippen LogP contribution in [-0.2, 0) is 23.7 Å². The third-order valence-corrected chi connectivity index (χ3v) is 12.3. The summed E-state index contributed by atoms with van der Waals surface area (Å²) in [7, 11) is -2.08. The summed E-state index contributed by atoms with van der Waals surface area (Å²) < 4.78 is 23.8. The number of unbranched alkanes of at least 4 members (excludes halogenated alkanes) is 2. The molecule has 0 spiro atoms. The average Bonchev–Trinajstić information content (AvgIpc) is 2.95. The normalized spacial score (nSPS) is 23.9. The van der Waals surface area contributed by atoms with Crippen LogP contribution >= 0.6 is 0 Å². The summed E-state index contributed by atoms with van der Waals surface area (Å²) in [5.74, 6) is -0.653. The van der Waals surface area contributed by atoms with Crippen molar-refractivity contribution in [3.05, 3.63) is 60.7 Å². The third kappa shape index (κ3) is 7.17. The van der Waals surface area contributed by atoms with Gasteiger partial charge in [0, 0.05) is 13.2 Å². The van der Waals surface area contributed by atoms with Crippen molar-refractivity contribution in [2.24, 2.45) is 0 Å². The Morgan fingerprint density at radius 3 is 1.85 bits per heavy atom. The summed E-state index contributed by atoms with van der Waals surface area (Å²) in [5, 5.41) is 12.3. The number of methoxy groups -OCH3 is 1. The Bertz CT molecular complexity index is 961. The van der Waals surface area contributed by atoms with Crippen LogP contribution in [0.5, 0.6) is 0 Å². The maximum atomic E-state index is 12.7. The van der Waals surface area contributed by atoms with Gasteiger partial charge >= 0.3 is 5.97 Å². The highest BCUT2D eigenvalue weighted by Gasteiger charge is 2.56. The summed E-state index contributed by atoms with van der Waals surface area (Å²) in [6.07, 6.45) is -0.527. The monoisotopic (exact) mass is 558 g/mol. The van der Waals surface area contributed by atoms with E-state index in [-0.39, 0.29) is 0 Å². The van der Waals surface area contributed by atoms with Gasteiger partial charge in [-0.2, -0.15) is 0 Å². The number of aliphatic hydroxyl groups is 1. The third-order valence-electron chi connectivity index (χ3n) is 7.78. The minimum Gasteiger partial charge on any atom is -0.467 e. The lowest BCUT2D eigenvalue weighted by Crippen LogP contribution is -2.68. The standard InChI is InChI=1S/C31H46O7Si/c1-6-8-20-36-27-25(38-29(30(33)35-5)26(32)28(27)37-21-9-7-2)22-31(3,4)39(34,23-16-12-10-13-17-23)24-18-14-11-15-19-24/h10-19,25-29,32,34H,6-9,20-22H2,1-5H3/t25-,26-,27+,28?,29?/m0/s1. The van der Waals surface area contributed by atoms with Gasteiger partial charge in [-0.25, -0.2) is 4.79 Å². The van der Waals surface area contributed by atoms with E-state index in [4.69, 9.17) is 18.9 Å². The first-order valence-corrected chi connectivity index (χ1v) is 16.1. The molecule has 1 heterocycles. The predicted molar refractivity (Wildman–Crippen MR) is 155 cm³/mol. The van der Waals surface area contributed by atoms with E-state index in [1.165, 1.54) is 7.11 Å². The molecule has 2 aromatic carbocycles. The highest BCUT2D eigenvalue weighted by molar-refractivity contribution is 6.98. The van der Waals surface area contributed by atoms with Gasteiger partial charge in [-0.15, -0.1) is 0 Å². The lowest BCUT2D eigenvalue weighted by molar-refractivity contribution is -0.252. The topological polar surface area (TPSA) is 94.5 Å². The molecular weight excluding hydrogens is 512 g/mol. The van der Waals surface area contributed by atoms with Crippen molar-refractivity contribution in [3.63, 3.8) is 0 Å². The number of rotatable bonds is 14. The maximum Gasteiger partial charge on any atom is 0.337 e. The SMILES string of the molecule is CCCCOC1[C@H](O)C(C(=O)OC)O[C@@H](CC(C)(C)[Si](O)(c2ccccc2)c2ccccc2)[C@H]1OCCCC. The first-order chi connectivity index (χ1) is 18.7. The molecule has 5 atom stereocenters. The van der Waals surface area contributed by atoms with Gasteiger partial charge in [0.25, 0.3) is 8.32 Å². The fourth-order valence-electron chi connectivity index (χ4n) is 5.48. The molecular formula is C31H46O7Si. The number of ether oxygens (including phenoxy) is 4. The van der Waals surface area contributed by atoms with E-state index >= 15 is 0 Å². The fourth-order valence-corrected chi connectivity index (χ4v) is 9.22. The van der Waals surface area contributed by atoms with Crippen LogP contribution in [0.2, 0.25) is 5.04 Å². The highest BCUT2D eigenvalue weighted by Crippen LogP contribution is 2.43. The quantitative estimate of drug-likeness (QED) is 0.208. The fraction of sp³-hybridized carbons (Fsp3) is 0.581. The van der Waals surface area contributed by atoms with Gasteiger partial charge in [-0.05, 0) is 34.7 Å². The van der Waals surface area contributed by atoms with Crippen LogP contribution in [0.1, 0.15) is 59.8 Å². The van der Waals surface area contributed by atoms with Gasteiger partial charge in [-0.1, -0.05) is 101 Å². The first-order valence-electron chi connectivity index (χ1n) is 14.2. The summed E-state index contributed by atoms with van der Waals surface area (Å²) in [4.78, 5) is 25.4. The molecule has 39 heavy (non-hydrogen) atoms. The minimum absolute atomic E-state index is 0.379. The molecule has 1 aliphatic rings. The number of carbonyl (C=O) groups excluding carboxylic acids is 1. The molecule has 0 radical (unpaired) electrons. The zero-order valence-corrected chi connectivity index (χ0v) is 25.0. The van der Waals surface area contributed by atoms with Gasteiger partial charge in [0.15, 0.2) is 6.10 Å². The smallest absolute Gasteiger partial charge is 0.337 e. The van der Waals surface area contributed by atoms with Gasteiger partial charge in [0.2, 0.25) is 0 Å². The zero-order valence-electron chi connectivity index (χ0n) is 24.0. The minimum atomic E-state index is -3.36. The number of hydrogen-bond acceptors (Lipinski definition) is 7. The second kappa shape index (κ2) is 14.5. The second-order valence-corrected chi connectivity index (χ2v) is 14.9. The molecule has 2 unspecified atom stereocenters. The number of hydrogen-bond donors (Lipinski definition) is 2. The van der Waals surface area contributed by atoms with Gasteiger partial charge in [0.05, 0.1) is 13.2 Å². The molecule has 216 valence electrons. The molecule has 0 saturated carbocycles. The Morgan fingerprint density at radius 1 is 0.897 bits per heavy atom.